The first-order valence-corrected chi connectivity index (χ1v) is 10.2. The lowest BCUT2D eigenvalue weighted by molar-refractivity contribution is 0.0694. The van der Waals surface area contributed by atoms with Crippen LogP contribution in [0.5, 0.6) is 0 Å². The Morgan fingerprint density at radius 1 is 1.28 bits per heavy atom. The number of aromatic nitrogens is 2. The fourth-order valence-electron chi connectivity index (χ4n) is 3.98. The van der Waals surface area contributed by atoms with E-state index in [-0.39, 0.29) is 40.3 Å². The van der Waals surface area contributed by atoms with Gasteiger partial charge in [0.15, 0.2) is 5.82 Å². The van der Waals surface area contributed by atoms with Gasteiger partial charge in [0, 0.05) is 42.8 Å². The summed E-state index contributed by atoms with van der Waals surface area (Å²) in [5.74, 6) is -3.01. The van der Waals surface area contributed by atoms with Crippen molar-refractivity contribution in [3.05, 3.63) is 45.8 Å². The zero-order valence-electron chi connectivity index (χ0n) is 17.9. The summed E-state index contributed by atoms with van der Waals surface area (Å²) in [6.07, 6.45) is 1.21. The fourth-order valence-corrected chi connectivity index (χ4v) is 3.98. The van der Waals surface area contributed by atoms with Crippen LogP contribution >= 0.6 is 0 Å². The molecule has 3 aromatic rings. The quantitative estimate of drug-likeness (QED) is 0.515. The van der Waals surface area contributed by atoms with Gasteiger partial charge in [-0.2, -0.15) is 0 Å². The summed E-state index contributed by atoms with van der Waals surface area (Å²) in [7, 11) is 0. The minimum Gasteiger partial charge on any atom is -0.477 e. The van der Waals surface area contributed by atoms with E-state index in [0.717, 1.165) is 6.07 Å². The molecule has 0 aliphatic carbocycles. The number of fused-ring (bicyclic) bond motifs is 2. The van der Waals surface area contributed by atoms with Crippen LogP contribution in [0.15, 0.2) is 23.1 Å². The van der Waals surface area contributed by atoms with Crippen LogP contribution in [0.2, 0.25) is 0 Å². The number of rotatable bonds is 5. The van der Waals surface area contributed by atoms with Crippen molar-refractivity contribution in [1.82, 2.24) is 14.9 Å². The molecule has 0 radical (unpaired) electrons. The van der Waals surface area contributed by atoms with E-state index in [1.54, 1.807) is 25.7 Å². The highest BCUT2D eigenvalue weighted by Crippen LogP contribution is 2.34. The second-order valence-electron chi connectivity index (χ2n) is 8.95. The van der Waals surface area contributed by atoms with Gasteiger partial charge in [-0.25, -0.2) is 18.6 Å². The number of aliphatic hydroxyl groups excluding tert-OH is 1. The highest BCUT2D eigenvalue weighted by atomic mass is 19.1. The molecule has 0 amide bonds. The number of anilines is 1. The number of aliphatic hydroxyl groups is 1. The van der Waals surface area contributed by atoms with Gasteiger partial charge in [0.2, 0.25) is 5.43 Å². The third kappa shape index (κ3) is 3.59. The maximum Gasteiger partial charge on any atom is 0.341 e. The van der Waals surface area contributed by atoms with Gasteiger partial charge < -0.3 is 25.0 Å². The number of carbonyl (C=O) groups is 1. The largest absolute Gasteiger partial charge is 0.477 e. The highest BCUT2D eigenvalue weighted by molar-refractivity contribution is 5.97. The topological polar surface area (TPSA) is 108 Å². The van der Waals surface area contributed by atoms with Crippen molar-refractivity contribution in [2.45, 2.75) is 32.4 Å². The summed E-state index contributed by atoms with van der Waals surface area (Å²) in [5.41, 5.74) is -2.01. The second kappa shape index (κ2) is 7.79. The van der Waals surface area contributed by atoms with Gasteiger partial charge in [-0.05, 0) is 32.9 Å². The molecule has 4 rings (SSSR count). The van der Waals surface area contributed by atoms with Gasteiger partial charge in [0.1, 0.15) is 28.2 Å². The van der Waals surface area contributed by atoms with E-state index in [4.69, 9.17) is 5.11 Å². The molecule has 8 nitrogen and oxygen atoms in total. The van der Waals surface area contributed by atoms with Gasteiger partial charge in [-0.3, -0.25) is 4.79 Å². The van der Waals surface area contributed by atoms with Crippen molar-refractivity contribution < 1.29 is 23.8 Å². The van der Waals surface area contributed by atoms with Crippen LogP contribution < -0.4 is 15.6 Å². The molecular weight excluding hydrogens is 422 g/mol. The van der Waals surface area contributed by atoms with Crippen molar-refractivity contribution in [3.63, 3.8) is 0 Å². The average Bonchev–Trinajstić information content (AvgIpc) is 2.67. The molecule has 10 heteroatoms. The number of carboxylic acid groups (broad SMARTS) is 1. The summed E-state index contributed by atoms with van der Waals surface area (Å²) < 4.78 is 31.8. The Kier molecular flexibility index (Phi) is 5.38. The Morgan fingerprint density at radius 3 is 2.56 bits per heavy atom. The van der Waals surface area contributed by atoms with Gasteiger partial charge >= 0.3 is 5.97 Å². The van der Waals surface area contributed by atoms with E-state index in [0.29, 0.717) is 19.6 Å². The number of hydrogen-bond acceptors (Lipinski definition) is 6. The van der Waals surface area contributed by atoms with Crippen LogP contribution in [-0.4, -0.2) is 58.0 Å². The Labute approximate surface area is 182 Å². The smallest absolute Gasteiger partial charge is 0.341 e. The van der Waals surface area contributed by atoms with Crippen molar-refractivity contribution in [1.29, 1.82) is 0 Å². The van der Waals surface area contributed by atoms with Crippen LogP contribution in [0.3, 0.4) is 0 Å². The predicted octanol–water partition coefficient (Wildman–Crippen LogP) is 2.05. The third-order valence-electron chi connectivity index (χ3n) is 5.63. The molecule has 1 saturated heterocycles. The lowest BCUT2D eigenvalue weighted by atomic mass is 10.0. The first kappa shape index (κ1) is 22.1. The molecule has 0 spiro atoms. The molecule has 3 N–H and O–H groups in total. The number of pyridine rings is 2. The molecular formula is C22H24F2N4O4. The summed E-state index contributed by atoms with van der Waals surface area (Å²) in [5, 5.41) is 21.5. The zero-order chi connectivity index (χ0) is 23.4. The number of aromatic carboxylic acids is 1. The molecule has 0 atom stereocenters. The second-order valence-corrected chi connectivity index (χ2v) is 8.95. The molecule has 1 aliphatic rings. The maximum atomic E-state index is 15.5. The van der Waals surface area contributed by atoms with E-state index in [2.05, 4.69) is 10.3 Å². The van der Waals surface area contributed by atoms with Crippen molar-refractivity contribution in [3.8, 4) is 0 Å². The predicted molar refractivity (Wildman–Crippen MR) is 116 cm³/mol. The van der Waals surface area contributed by atoms with E-state index in [1.165, 1.54) is 16.8 Å². The minimum atomic E-state index is -1.38. The Morgan fingerprint density at radius 2 is 1.97 bits per heavy atom. The molecule has 0 bridgehead atoms. The monoisotopic (exact) mass is 446 g/mol. The highest BCUT2D eigenvalue weighted by Gasteiger charge is 2.32. The molecule has 32 heavy (non-hydrogen) atoms. The summed E-state index contributed by atoms with van der Waals surface area (Å²) >= 11 is 0. The lowest BCUT2D eigenvalue weighted by Gasteiger charge is -2.41. The van der Waals surface area contributed by atoms with Crippen LogP contribution in [0.4, 0.5) is 14.5 Å². The Hall–Kier alpha value is -3.11. The van der Waals surface area contributed by atoms with Crippen molar-refractivity contribution in [2.75, 3.05) is 31.1 Å². The van der Waals surface area contributed by atoms with Gasteiger partial charge in [-0.15, -0.1) is 0 Å². The zero-order valence-corrected chi connectivity index (χ0v) is 17.9. The summed E-state index contributed by atoms with van der Waals surface area (Å²) in [6, 6.07) is 2.43. The van der Waals surface area contributed by atoms with Crippen LogP contribution in [0, 0.1) is 11.6 Å². The average molecular weight is 446 g/mol. The number of benzene rings is 1. The van der Waals surface area contributed by atoms with Crippen molar-refractivity contribution in [2.24, 2.45) is 0 Å². The van der Waals surface area contributed by atoms with E-state index in [9.17, 15) is 19.1 Å². The summed E-state index contributed by atoms with van der Waals surface area (Å²) in [4.78, 5) is 30.3. The van der Waals surface area contributed by atoms with Crippen LogP contribution in [-0.2, 0) is 5.54 Å². The standard InChI is InChI=1S/C22H24F2N4O4/c1-22(2,3)28-10-14(21(31)32)19(30)13-6-11-7-15(23)18(16(24)17(11)26-20(13)28)27-8-12(9-27)25-4-5-29/h6-7,10,12,25,29H,4-5,8-9H2,1-3H3,(H,31,32). The van der Waals surface area contributed by atoms with Gasteiger partial charge in [0.25, 0.3) is 0 Å². The Balaban J connectivity index is 1.92. The molecule has 170 valence electrons. The third-order valence-corrected chi connectivity index (χ3v) is 5.63. The van der Waals surface area contributed by atoms with Gasteiger partial charge in [0.05, 0.1) is 12.0 Å². The van der Waals surface area contributed by atoms with Gasteiger partial charge in [-0.1, -0.05) is 0 Å². The normalized spacial score (nSPS) is 14.9. The first-order chi connectivity index (χ1) is 15.0. The molecule has 3 heterocycles. The van der Waals surface area contributed by atoms with E-state index < -0.39 is 34.1 Å². The van der Waals surface area contributed by atoms with Crippen LogP contribution in [0.25, 0.3) is 21.9 Å². The first-order valence-electron chi connectivity index (χ1n) is 10.2. The number of nitrogens with one attached hydrogen (secondary N) is 1. The van der Waals surface area contributed by atoms with E-state index >= 15 is 4.39 Å². The molecule has 0 unspecified atom stereocenters. The molecule has 1 aromatic carbocycles. The van der Waals surface area contributed by atoms with Crippen LogP contribution in [0.1, 0.15) is 31.1 Å². The molecule has 0 saturated carbocycles. The minimum absolute atomic E-state index is 0.0155. The molecule has 1 aliphatic heterocycles. The fraction of sp³-hybridized carbons (Fsp3) is 0.409. The maximum absolute atomic E-state index is 15.5. The molecule has 1 fully saturated rings. The summed E-state index contributed by atoms with van der Waals surface area (Å²) in [6.45, 7) is 6.55. The van der Waals surface area contributed by atoms with E-state index in [1.807, 2.05) is 0 Å². The van der Waals surface area contributed by atoms with Crippen molar-refractivity contribution >= 4 is 33.6 Å². The lowest BCUT2D eigenvalue weighted by Crippen LogP contribution is -2.59. The number of hydrogen-bond donors (Lipinski definition) is 3. The number of carboxylic acids is 1. The number of halogens is 2. The SMILES string of the molecule is CC(C)(C)n1cc(C(=O)O)c(=O)c2cc3cc(F)c(N4CC(NCCO)C4)c(F)c3nc21. The Bertz CT molecular complexity index is 1290. The molecule has 2 aromatic heterocycles. The number of nitrogens with zero attached hydrogens (tertiary/aromatic N) is 3.